The minimum Gasteiger partial charge on any atom is -0.482 e. The molecule has 9 nitrogen and oxygen atoms in total. The Hall–Kier alpha value is -5.93. The van der Waals surface area contributed by atoms with Crippen LogP contribution in [-0.4, -0.2) is 35.5 Å². The van der Waals surface area contributed by atoms with Crippen molar-refractivity contribution in [2.75, 3.05) is 11.9 Å². The predicted molar refractivity (Wildman–Crippen MR) is 179 cm³/mol. The number of hydrogen-bond acceptors (Lipinski definition) is 7. The van der Waals surface area contributed by atoms with E-state index in [4.69, 9.17) is 30.9 Å². The van der Waals surface area contributed by atoms with Crippen LogP contribution in [0.25, 0.3) is 11.1 Å². The normalized spacial score (nSPS) is 11.2. The fourth-order valence-electron chi connectivity index (χ4n) is 5.43. The Kier molecular flexibility index (Phi) is 9.50. The molecule has 0 saturated heterocycles. The topological polar surface area (TPSA) is 128 Å². The number of amides is 1. The Morgan fingerprint density at radius 1 is 0.708 bits per heavy atom. The standard InChI is InChI=1S/C38H28ClNO8/c39-32-18-28(36(43)25-6-2-1-3-7-25)19-33(35(32)37(44)47-20-23-10-13-29(14-11-23)46-22-34(41)42)40-38(45)48-21-24-12-15-31-27(16-24)17-26-8-4-5-9-30(26)31/h1-16,18-19H,17,20-22H2,(H,40,45)(H,41,42). The number of esters is 1. The predicted octanol–water partition coefficient (Wildman–Crippen LogP) is 7.71. The molecular formula is C38H28ClNO8. The molecule has 0 atom stereocenters. The summed E-state index contributed by atoms with van der Waals surface area (Å²) in [5, 5.41) is 11.3. The first-order valence-corrected chi connectivity index (χ1v) is 15.3. The van der Waals surface area contributed by atoms with Gasteiger partial charge in [0.15, 0.2) is 12.4 Å². The number of rotatable bonds is 11. The molecule has 0 spiro atoms. The van der Waals surface area contributed by atoms with Crippen molar-refractivity contribution < 1.29 is 38.5 Å². The van der Waals surface area contributed by atoms with E-state index in [9.17, 15) is 19.2 Å². The molecule has 0 aliphatic heterocycles. The molecule has 0 fully saturated rings. The van der Waals surface area contributed by atoms with Crippen molar-refractivity contribution in [2.24, 2.45) is 0 Å². The fourth-order valence-corrected chi connectivity index (χ4v) is 5.73. The van der Waals surface area contributed by atoms with Gasteiger partial charge in [0.2, 0.25) is 0 Å². The first-order valence-electron chi connectivity index (χ1n) is 14.9. The van der Waals surface area contributed by atoms with Gasteiger partial charge in [0.05, 0.1) is 10.7 Å². The summed E-state index contributed by atoms with van der Waals surface area (Å²) in [7, 11) is 0. The molecule has 0 bridgehead atoms. The van der Waals surface area contributed by atoms with E-state index in [1.807, 2.05) is 30.3 Å². The summed E-state index contributed by atoms with van der Waals surface area (Å²) < 4.78 is 16.2. The zero-order valence-electron chi connectivity index (χ0n) is 25.4. The Bertz CT molecular complexity index is 2030. The van der Waals surface area contributed by atoms with Crippen LogP contribution < -0.4 is 10.1 Å². The first kappa shape index (κ1) is 32.0. The zero-order valence-corrected chi connectivity index (χ0v) is 26.2. The van der Waals surface area contributed by atoms with E-state index >= 15 is 0 Å². The molecule has 10 heteroatoms. The number of ketones is 1. The molecule has 0 aromatic heterocycles. The van der Waals surface area contributed by atoms with Crippen molar-refractivity contribution in [1.29, 1.82) is 0 Å². The minimum absolute atomic E-state index is 0.0300. The average molecular weight is 662 g/mol. The molecule has 0 unspecified atom stereocenters. The molecule has 48 heavy (non-hydrogen) atoms. The van der Waals surface area contributed by atoms with Gasteiger partial charge < -0.3 is 19.3 Å². The van der Waals surface area contributed by atoms with Crippen molar-refractivity contribution in [3.8, 4) is 16.9 Å². The van der Waals surface area contributed by atoms with E-state index in [2.05, 4.69) is 17.4 Å². The van der Waals surface area contributed by atoms with Crippen LogP contribution in [0.15, 0.2) is 109 Å². The smallest absolute Gasteiger partial charge is 0.411 e. The van der Waals surface area contributed by atoms with Crippen LogP contribution in [0.1, 0.15) is 48.5 Å². The van der Waals surface area contributed by atoms with E-state index in [1.165, 1.54) is 23.3 Å². The number of hydrogen-bond donors (Lipinski definition) is 2. The van der Waals surface area contributed by atoms with Crippen molar-refractivity contribution in [2.45, 2.75) is 19.6 Å². The van der Waals surface area contributed by atoms with Gasteiger partial charge in [-0.05, 0) is 64.1 Å². The first-order chi connectivity index (χ1) is 23.2. The molecule has 2 N–H and O–H groups in total. The van der Waals surface area contributed by atoms with Gasteiger partial charge in [0, 0.05) is 11.1 Å². The van der Waals surface area contributed by atoms with Gasteiger partial charge in [0.25, 0.3) is 0 Å². The Balaban J connectivity index is 1.18. The lowest BCUT2D eigenvalue weighted by atomic mass is 10.0. The Morgan fingerprint density at radius 2 is 1.40 bits per heavy atom. The highest BCUT2D eigenvalue weighted by atomic mass is 35.5. The Labute approximate surface area is 280 Å². The molecule has 1 amide bonds. The Morgan fingerprint density at radius 3 is 2.17 bits per heavy atom. The monoisotopic (exact) mass is 661 g/mol. The molecule has 0 heterocycles. The number of ether oxygens (including phenoxy) is 3. The number of carboxylic acid groups (broad SMARTS) is 1. The molecule has 6 rings (SSSR count). The molecule has 240 valence electrons. The van der Waals surface area contributed by atoms with Crippen LogP contribution in [0.2, 0.25) is 5.02 Å². The summed E-state index contributed by atoms with van der Waals surface area (Å²) in [6.45, 7) is -0.682. The third-order valence-corrected chi connectivity index (χ3v) is 8.01. The number of fused-ring (bicyclic) bond motifs is 3. The number of carbonyl (C=O) groups excluding carboxylic acids is 3. The molecular weight excluding hydrogens is 634 g/mol. The number of carboxylic acids is 1. The number of benzene rings is 5. The van der Waals surface area contributed by atoms with Crippen LogP contribution >= 0.6 is 11.6 Å². The van der Waals surface area contributed by atoms with E-state index in [1.54, 1.807) is 54.6 Å². The highest BCUT2D eigenvalue weighted by Crippen LogP contribution is 2.37. The van der Waals surface area contributed by atoms with E-state index in [-0.39, 0.29) is 40.8 Å². The maximum absolute atomic E-state index is 13.3. The van der Waals surface area contributed by atoms with Crippen molar-refractivity contribution in [1.82, 2.24) is 0 Å². The second-order valence-corrected chi connectivity index (χ2v) is 11.4. The van der Waals surface area contributed by atoms with Crippen molar-refractivity contribution >= 4 is 41.1 Å². The van der Waals surface area contributed by atoms with E-state index in [0.717, 1.165) is 23.1 Å². The zero-order chi connectivity index (χ0) is 33.6. The number of nitrogens with one attached hydrogen (secondary N) is 1. The highest BCUT2D eigenvalue weighted by Gasteiger charge is 2.24. The van der Waals surface area contributed by atoms with Crippen LogP contribution in [0.5, 0.6) is 5.75 Å². The van der Waals surface area contributed by atoms with Crippen LogP contribution in [0, 0.1) is 0 Å². The number of aliphatic carboxylic acids is 1. The lowest BCUT2D eigenvalue weighted by Crippen LogP contribution is -2.18. The summed E-state index contributed by atoms with van der Waals surface area (Å²) >= 11 is 6.56. The van der Waals surface area contributed by atoms with Gasteiger partial charge in [-0.1, -0.05) is 96.5 Å². The summed E-state index contributed by atoms with van der Waals surface area (Å²) in [6.07, 6.45) is -0.0643. The molecule has 1 aliphatic carbocycles. The van der Waals surface area contributed by atoms with E-state index in [0.29, 0.717) is 16.9 Å². The molecule has 1 aliphatic rings. The number of carbonyl (C=O) groups is 4. The van der Waals surface area contributed by atoms with Crippen LogP contribution in [0.4, 0.5) is 10.5 Å². The van der Waals surface area contributed by atoms with Crippen molar-refractivity contribution in [3.63, 3.8) is 0 Å². The maximum atomic E-state index is 13.3. The lowest BCUT2D eigenvalue weighted by Gasteiger charge is -2.15. The largest absolute Gasteiger partial charge is 0.482 e. The van der Waals surface area contributed by atoms with Crippen LogP contribution in [0.3, 0.4) is 0 Å². The molecule has 5 aromatic rings. The third-order valence-electron chi connectivity index (χ3n) is 7.71. The van der Waals surface area contributed by atoms with Crippen LogP contribution in [-0.2, 0) is 33.9 Å². The van der Waals surface area contributed by atoms with Gasteiger partial charge in [-0.25, -0.2) is 14.4 Å². The second-order valence-electron chi connectivity index (χ2n) is 11.0. The lowest BCUT2D eigenvalue weighted by molar-refractivity contribution is -0.139. The summed E-state index contributed by atoms with van der Waals surface area (Å²) in [5.41, 5.74) is 6.44. The molecule has 5 aromatic carbocycles. The maximum Gasteiger partial charge on any atom is 0.411 e. The highest BCUT2D eigenvalue weighted by molar-refractivity contribution is 6.35. The van der Waals surface area contributed by atoms with Gasteiger partial charge in [-0.3, -0.25) is 10.1 Å². The summed E-state index contributed by atoms with van der Waals surface area (Å²) in [5.74, 6) is -1.98. The second kappa shape index (κ2) is 14.2. The van der Waals surface area contributed by atoms with E-state index < -0.39 is 24.6 Å². The average Bonchev–Trinajstić information content (AvgIpc) is 3.47. The summed E-state index contributed by atoms with van der Waals surface area (Å²) in [6, 6.07) is 31.7. The third kappa shape index (κ3) is 7.37. The SMILES string of the molecule is O=C(O)COc1ccc(COC(=O)c2c(Cl)cc(C(=O)c3ccccc3)cc2NC(=O)OCc2ccc3c(c2)Cc2ccccc2-3)cc1. The van der Waals surface area contributed by atoms with Gasteiger partial charge in [-0.2, -0.15) is 0 Å². The van der Waals surface area contributed by atoms with Crippen molar-refractivity contribution in [3.05, 3.63) is 153 Å². The number of anilines is 1. The fraction of sp³-hybridized carbons (Fsp3) is 0.105. The quantitative estimate of drug-likeness (QED) is 0.107. The summed E-state index contributed by atoms with van der Waals surface area (Å²) in [4.78, 5) is 50.4. The minimum atomic E-state index is -1.11. The van der Waals surface area contributed by atoms with Gasteiger partial charge in [0.1, 0.15) is 24.5 Å². The molecule has 0 radical (unpaired) electrons. The molecule has 0 saturated carbocycles. The number of halogens is 1. The van der Waals surface area contributed by atoms with Gasteiger partial charge in [-0.15, -0.1) is 0 Å². The van der Waals surface area contributed by atoms with Gasteiger partial charge >= 0.3 is 18.0 Å².